The minimum Gasteiger partial charge on any atom is -0.354 e. The smallest absolute Gasteiger partial charge is 0.253 e. The largest absolute Gasteiger partial charge is 0.354 e. The quantitative estimate of drug-likeness (QED) is 0.0325. The third-order valence-electron chi connectivity index (χ3n) is 12.3. The van der Waals surface area contributed by atoms with E-state index in [0.717, 1.165) is 61.9 Å². The zero-order chi connectivity index (χ0) is 49.5. The topological polar surface area (TPSA) is 207 Å². The van der Waals surface area contributed by atoms with Crippen molar-refractivity contribution in [3.63, 3.8) is 0 Å². The Kier molecular flexibility index (Phi) is 21.3. The average molecular weight is 946 g/mol. The van der Waals surface area contributed by atoms with Gasteiger partial charge in [-0.2, -0.15) is 0 Å². The van der Waals surface area contributed by atoms with Gasteiger partial charge in [-0.25, -0.2) is 4.57 Å². The number of aromatic nitrogens is 1. The van der Waals surface area contributed by atoms with Crippen LogP contribution in [0.1, 0.15) is 113 Å². The first-order valence-corrected chi connectivity index (χ1v) is 24.3. The predicted octanol–water partition coefficient (Wildman–Crippen LogP) is 4.84. The monoisotopic (exact) mass is 946 g/mol. The van der Waals surface area contributed by atoms with Gasteiger partial charge in [-0.15, -0.1) is 0 Å². The third-order valence-corrected chi connectivity index (χ3v) is 12.3. The Morgan fingerprint density at radius 3 is 2.12 bits per heavy atom. The van der Waals surface area contributed by atoms with Crippen LogP contribution in [0.2, 0.25) is 0 Å². The Morgan fingerprint density at radius 1 is 0.725 bits per heavy atom. The van der Waals surface area contributed by atoms with E-state index >= 15 is 0 Å². The number of anilines is 1. The van der Waals surface area contributed by atoms with Crippen molar-refractivity contribution in [1.29, 1.82) is 0 Å². The van der Waals surface area contributed by atoms with Crippen LogP contribution in [0.25, 0.3) is 6.08 Å². The number of nitrogens with one attached hydrogen (secondary N) is 5. The van der Waals surface area contributed by atoms with Gasteiger partial charge in [-0.1, -0.05) is 63.4 Å². The molecule has 2 atom stereocenters. The molecular weight excluding hydrogens is 877 g/mol. The van der Waals surface area contributed by atoms with E-state index in [1.165, 1.54) is 17.1 Å². The van der Waals surface area contributed by atoms with Crippen molar-refractivity contribution in [2.45, 2.75) is 110 Å². The highest BCUT2D eigenvalue weighted by Gasteiger charge is 2.26. The van der Waals surface area contributed by atoms with E-state index in [1.807, 2.05) is 90.3 Å². The van der Waals surface area contributed by atoms with Crippen molar-refractivity contribution >= 4 is 59.0 Å². The molecule has 2 aliphatic rings. The second-order valence-electron chi connectivity index (χ2n) is 18.2. The number of benzene rings is 2. The number of imide groups is 1. The second-order valence-corrected chi connectivity index (χ2v) is 18.2. The minimum atomic E-state index is -0.804. The fraction of sp³-hybridized carbons (Fsp3) is 0.453. The number of amides is 8. The van der Waals surface area contributed by atoms with Crippen LogP contribution in [0.5, 0.6) is 0 Å². The lowest BCUT2D eigenvalue weighted by molar-refractivity contribution is -0.688. The van der Waals surface area contributed by atoms with E-state index in [1.54, 1.807) is 31.2 Å². The van der Waals surface area contributed by atoms with Gasteiger partial charge < -0.3 is 31.5 Å². The molecule has 0 radical (unpaired) electrons. The van der Waals surface area contributed by atoms with Crippen molar-refractivity contribution in [3.05, 3.63) is 114 Å². The molecule has 0 bridgehead atoms. The fourth-order valence-electron chi connectivity index (χ4n) is 8.20. The zero-order valence-corrected chi connectivity index (χ0v) is 40.3. The number of hydrogen-bond acceptors (Lipinski definition) is 8. The number of piperidine rings is 1. The molecule has 16 nitrogen and oxygen atoms in total. The molecular formula is C53H69N8O8+. The van der Waals surface area contributed by atoms with Crippen molar-refractivity contribution in [1.82, 2.24) is 31.1 Å². The van der Waals surface area contributed by atoms with Crippen LogP contribution in [0, 0.1) is 11.8 Å². The van der Waals surface area contributed by atoms with Crippen LogP contribution in [-0.4, -0.2) is 102 Å². The fourth-order valence-corrected chi connectivity index (χ4v) is 8.20. The number of rotatable bonds is 26. The molecule has 69 heavy (non-hydrogen) atoms. The predicted molar refractivity (Wildman–Crippen MR) is 263 cm³/mol. The Hall–Kier alpha value is -6.97. The van der Waals surface area contributed by atoms with Crippen LogP contribution < -0.4 is 31.2 Å². The van der Waals surface area contributed by atoms with Crippen LogP contribution in [0.3, 0.4) is 0 Å². The number of carbonyl (C=O) groups excluding carboxylic acids is 8. The summed E-state index contributed by atoms with van der Waals surface area (Å²) < 4.78 is 2.01. The van der Waals surface area contributed by atoms with Crippen LogP contribution >= 0.6 is 0 Å². The van der Waals surface area contributed by atoms with Gasteiger partial charge in [-0.3, -0.25) is 43.3 Å². The summed E-state index contributed by atoms with van der Waals surface area (Å²) in [5.74, 6) is -1.58. The second kappa shape index (κ2) is 27.7. The highest BCUT2D eigenvalue weighted by Crippen LogP contribution is 2.24. The lowest BCUT2D eigenvalue weighted by Crippen LogP contribution is -2.50. The first-order chi connectivity index (χ1) is 33.2. The van der Waals surface area contributed by atoms with Crippen LogP contribution in [0.4, 0.5) is 5.69 Å². The maximum absolute atomic E-state index is 12.9. The highest BCUT2D eigenvalue weighted by molar-refractivity contribution is 6.12. The molecule has 368 valence electrons. The van der Waals surface area contributed by atoms with Crippen LogP contribution in [-0.2, 0) is 40.1 Å². The lowest BCUT2D eigenvalue weighted by atomic mass is 9.91. The molecule has 0 spiro atoms. The summed E-state index contributed by atoms with van der Waals surface area (Å²) in [7, 11) is 0. The Morgan fingerprint density at radius 2 is 1.41 bits per heavy atom. The molecule has 5 N–H and O–H groups in total. The molecule has 1 aromatic heterocycles. The van der Waals surface area contributed by atoms with E-state index in [-0.39, 0.29) is 72.6 Å². The molecule has 1 fully saturated rings. The van der Waals surface area contributed by atoms with Crippen molar-refractivity contribution in [2.75, 3.05) is 38.0 Å². The lowest BCUT2D eigenvalue weighted by Gasteiger charge is -2.32. The standard InChI is InChI=1S/C53H68N8O8/c1-38(2)50(58-47(64)18-8-5-11-33-61-48(65)26-27-49(61)66)52(68)55-31-12-19-46(63)56-39(3)51(67)57-44-23-20-42(21-24-44)37-59-32-13-15-41(36-59)22-25-45(62)54-30-10-9-14-40-28-34-60(35-29-40)53(69)43-16-6-4-7-17-43/h4,6-7,13,15-17,20-27,32,36,38-40,50H,5,8-12,14,18-19,28-31,33-35,37H2,1-3H3,(H4-,54,55,56,57,58,62,63,64,67,68)/p+1/b25-22+/t39-,50-/m0/s1. The average Bonchev–Trinajstić information content (AvgIpc) is 3.67. The number of likely N-dealkylation sites (tertiary alicyclic amines) is 1. The molecule has 3 heterocycles. The third kappa shape index (κ3) is 18.2. The number of unbranched alkanes of at least 4 members (excludes halogenated alkanes) is 3. The Labute approximate surface area is 405 Å². The normalized spacial score (nSPS) is 14.7. The minimum absolute atomic E-state index is 0.0844. The zero-order valence-electron chi connectivity index (χ0n) is 40.3. The molecule has 16 heteroatoms. The summed E-state index contributed by atoms with van der Waals surface area (Å²) in [5.41, 5.74) is 3.20. The van der Waals surface area contributed by atoms with Gasteiger partial charge in [-0.05, 0) is 93.7 Å². The van der Waals surface area contributed by atoms with Crippen molar-refractivity contribution < 1.29 is 42.9 Å². The number of carbonyl (C=O) groups is 8. The summed E-state index contributed by atoms with van der Waals surface area (Å²) in [6.07, 6.45) is 17.2. The molecule has 0 aliphatic carbocycles. The summed E-state index contributed by atoms with van der Waals surface area (Å²) in [6.45, 7) is 8.53. The van der Waals surface area contributed by atoms with Gasteiger partial charge in [0.25, 0.3) is 17.7 Å². The van der Waals surface area contributed by atoms with Gasteiger partial charge >= 0.3 is 0 Å². The van der Waals surface area contributed by atoms with Gasteiger partial charge in [0.1, 0.15) is 12.1 Å². The van der Waals surface area contributed by atoms with Crippen molar-refractivity contribution in [2.24, 2.45) is 11.8 Å². The molecule has 3 aromatic rings. The Balaban J connectivity index is 0.911. The van der Waals surface area contributed by atoms with Gasteiger partial charge in [0, 0.05) is 92.2 Å². The maximum Gasteiger partial charge on any atom is 0.253 e. The Bertz CT molecular complexity index is 2270. The van der Waals surface area contributed by atoms with E-state index in [9.17, 15) is 38.4 Å². The molecule has 2 aliphatic heterocycles. The first-order valence-electron chi connectivity index (χ1n) is 24.3. The number of hydrogen-bond donors (Lipinski definition) is 5. The number of pyridine rings is 1. The summed E-state index contributed by atoms with van der Waals surface area (Å²) in [4.78, 5) is 103. The molecule has 2 aromatic carbocycles. The molecule has 0 saturated carbocycles. The summed E-state index contributed by atoms with van der Waals surface area (Å²) >= 11 is 0. The van der Waals surface area contributed by atoms with Crippen LogP contribution in [0.15, 0.2) is 97.4 Å². The van der Waals surface area contributed by atoms with Gasteiger partial charge in [0.05, 0.1) is 0 Å². The van der Waals surface area contributed by atoms with Crippen molar-refractivity contribution in [3.8, 4) is 0 Å². The van der Waals surface area contributed by atoms with Gasteiger partial charge in [0.2, 0.25) is 29.5 Å². The maximum atomic E-state index is 12.9. The van der Waals surface area contributed by atoms with E-state index in [2.05, 4.69) is 26.6 Å². The molecule has 5 rings (SSSR count). The number of nitrogens with zero attached hydrogens (tertiary/aromatic N) is 3. The van der Waals surface area contributed by atoms with E-state index in [0.29, 0.717) is 56.9 Å². The van der Waals surface area contributed by atoms with Gasteiger partial charge in [0.15, 0.2) is 18.9 Å². The van der Waals surface area contributed by atoms with E-state index in [4.69, 9.17) is 0 Å². The molecule has 0 unspecified atom stereocenters. The SMILES string of the molecule is CC(C)[C@H](NC(=O)CCCCCN1C(=O)C=CC1=O)C(=O)NCCCC(=O)N[C@@H](C)C(=O)Nc1ccc(C[n+]2cccc(/C=C/C(=O)NCCCCC3CCN(C(=O)c4ccccc4)CC3)c2)cc1. The van der Waals surface area contributed by atoms with E-state index < -0.39 is 12.1 Å². The molecule has 1 saturated heterocycles. The molecule has 8 amide bonds. The summed E-state index contributed by atoms with van der Waals surface area (Å²) in [5, 5.41) is 14.1. The highest BCUT2D eigenvalue weighted by atomic mass is 16.2. The summed E-state index contributed by atoms with van der Waals surface area (Å²) in [6, 6.07) is 19.2. The first kappa shape index (κ1) is 53.0.